The Labute approximate surface area is 131 Å². The number of carbonyl (C=O) groups excluding carboxylic acids is 1. The first-order chi connectivity index (χ1) is 10.2. The molecule has 1 amide bonds. The first-order valence-corrected chi connectivity index (χ1v) is 8.30. The van der Waals surface area contributed by atoms with E-state index >= 15 is 0 Å². The summed E-state index contributed by atoms with van der Waals surface area (Å²) in [6.45, 7) is 3.70. The van der Waals surface area contributed by atoms with Crippen LogP contribution in [0.25, 0.3) is 0 Å². The van der Waals surface area contributed by atoms with Crippen molar-refractivity contribution in [1.82, 2.24) is 20.1 Å². The zero-order chi connectivity index (χ0) is 15.1. The number of nitrogens with zero attached hydrogens (tertiary/aromatic N) is 3. The summed E-state index contributed by atoms with van der Waals surface area (Å²) in [4.78, 5) is 13.2. The third-order valence-corrected chi connectivity index (χ3v) is 4.76. The normalized spacial score (nSPS) is 12.3. The Morgan fingerprint density at radius 1 is 1.62 bits per heavy atom. The Kier molecular flexibility index (Phi) is 6.21. The molecule has 0 fully saturated rings. The quantitative estimate of drug-likeness (QED) is 0.749. The van der Waals surface area contributed by atoms with E-state index < -0.39 is 0 Å². The number of methoxy groups -OCH3 is 1. The molecule has 2 aromatic heterocycles. The van der Waals surface area contributed by atoms with Crippen molar-refractivity contribution in [2.24, 2.45) is 0 Å². The second-order valence-corrected chi connectivity index (χ2v) is 6.70. The minimum Gasteiger partial charge on any atom is -0.383 e. The van der Waals surface area contributed by atoms with Gasteiger partial charge in [-0.2, -0.15) is 0 Å². The van der Waals surface area contributed by atoms with Gasteiger partial charge < -0.3 is 14.6 Å². The van der Waals surface area contributed by atoms with E-state index in [0.29, 0.717) is 19.7 Å². The van der Waals surface area contributed by atoms with Gasteiger partial charge in [-0.15, -0.1) is 21.5 Å². The van der Waals surface area contributed by atoms with E-state index in [0.717, 1.165) is 10.0 Å². The van der Waals surface area contributed by atoms with Gasteiger partial charge in [0.25, 0.3) is 0 Å². The summed E-state index contributed by atoms with van der Waals surface area (Å²) >= 11 is 3.03. The van der Waals surface area contributed by atoms with Crippen LogP contribution >= 0.6 is 23.1 Å². The molecule has 0 saturated heterocycles. The van der Waals surface area contributed by atoms with Gasteiger partial charge >= 0.3 is 0 Å². The third kappa shape index (κ3) is 4.83. The fraction of sp³-hybridized carbons (Fsp3) is 0.462. The van der Waals surface area contributed by atoms with Crippen molar-refractivity contribution < 1.29 is 9.53 Å². The molecule has 114 valence electrons. The van der Waals surface area contributed by atoms with E-state index in [1.807, 2.05) is 29.0 Å². The lowest BCUT2D eigenvalue weighted by Gasteiger charge is -2.11. The van der Waals surface area contributed by atoms with Gasteiger partial charge in [0, 0.05) is 18.5 Å². The first-order valence-electron chi connectivity index (χ1n) is 6.54. The molecule has 0 radical (unpaired) electrons. The number of thioether (sulfide) groups is 1. The highest BCUT2D eigenvalue weighted by Crippen LogP contribution is 2.21. The van der Waals surface area contributed by atoms with E-state index in [-0.39, 0.29) is 11.2 Å². The van der Waals surface area contributed by atoms with Crippen molar-refractivity contribution in [2.75, 3.05) is 13.7 Å². The summed E-state index contributed by atoms with van der Waals surface area (Å²) in [6.07, 6.45) is 1.65. The van der Waals surface area contributed by atoms with Crippen LogP contribution in [-0.4, -0.2) is 39.6 Å². The minimum absolute atomic E-state index is 0.00492. The molecular weight excluding hydrogens is 308 g/mol. The predicted molar refractivity (Wildman–Crippen MR) is 83.4 cm³/mol. The van der Waals surface area contributed by atoms with Crippen LogP contribution in [0.4, 0.5) is 0 Å². The molecular formula is C13H18N4O2S2. The molecule has 0 aliphatic carbocycles. The van der Waals surface area contributed by atoms with E-state index in [2.05, 4.69) is 15.5 Å². The standard InChI is InChI=1S/C13H18N4O2S2/c1-10(12(18)14-8-11-4-3-7-20-11)21-13-16-15-9-17(13)5-6-19-2/h3-4,7,9-10H,5-6,8H2,1-2H3,(H,14,18)/t10-/m0/s1. The number of hydrogen-bond acceptors (Lipinski definition) is 6. The van der Waals surface area contributed by atoms with E-state index in [1.54, 1.807) is 24.8 Å². The maximum Gasteiger partial charge on any atom is 0.233 e. The lowest BCUT2D eigenvalue weighted by Crippen LogP contribution is -2.30. The highest BCUT2D eigenvalue weighted by Gasteiger charge is 2.17. The smallest absolute Gasteiger partial charge is 0.233 e. The van der Waals surface area contributed by atoms with Gasteiger partial charge in [0.05, 0.1) is 18.4 Å². The molecule has 0 bridgehead atoms. The largest absolute Gasteiger partial charge is 0.383 e. The maximum absolute atomic E-state index is 12.1. The molecule has 2 aromatic rings. The Balaban J connectivity index is 1.84. The van der Waals surface area contributed by atoms with Crippen LogP contribution in [0.2, 0.25) is 0 Å². The maximum atomic E-state index is 12.1. The lowest BCUT2D eigenvalue weighted by molar-refractivity contribution is -0.120. The van der Waals surface area contributed by atoms with Gasteiger partial charge in [0.1, 0.15) is 6.33 Å². The molecule has 21 heavy (non-hydrogen) atoms. The average Bonchev–Trinajstić information content (AvgIpc) is 3.14. The number of thiophene rings is 1. The summed E-state index contributed by atoms with van der Waals surface area (Å²) in [5, 5.41) is 13.4. The van der Waals surface area contributed by atoms with E-state index in [9.17, 15) is 4.79 Å². The van der Waals surface area contributed by atoms with Crippen LogP contribution in [0.1, 0.15) is 11.8 Å². The number of ether oxygens (including phenoxy) is 1. The first kappa shape index (κ1) is 16.0. The summed E-state index contributed by atoms with van der Waals surface area (Å²) in [7, 11) is 1.65. The molecule has 1 atom stereocenters. The van der Waals surface area contributed by atoms with Crippen molar-refractivity contribution in [3.63, 3.8) is 0 Å². The minimum atomic E-state index is -0.226. The zero-order valence-electron chi connectivity index (χ0n) is 12.0. The molecule has 1 N–H and O–H groups in total. The van der Waals surface area contributed by atoms with Crippen LogP contribution in [0.3, 0.4) is 0 Å². The molecule has 8 heteroatoms. The van der Waals surface area contributed by atoms with Crippen LogP contribution in [0.5, 0.6) is 0 Å². The molecule has 6 nitrogen and oxygen atoms in total. The molecule has 0 spiro atoms. The summed E-state index contributed by atoms with van der Waals surface area (Å²) in [5.74, 6) is -0.00492. The van der Waals surface area contributed by atoms with Crippen molar-refractivity contribution in [1.29, 1.82) is 0 Å². The van der Waals surface area contributed by atoms with Crippen molar-refractivity contribution in [3.05, 3.63) is 28.7 Å². The molecule has 0 saturated carbocycles. The zero-order valence-corrected chi connectivity index (χ0v) is 13.6. The van der Waals surface area contributed by atoms with Gasteiger partial charge in [-0.25, -0.2) is 0 Å². The monoisotopic (exact) mass is 326 g/mol. The van der Waals surface area contributed by atoms with Gasteiger partial charge in [-0.1, -0.05) is 17.8 Å². The van der Waals surface area contributed by atoms with E-state index in [4.69, 9.17) is 4.74 Å². The Morgan fingerprint density at radius 2 is 2.48 bits per heavy atom. The van der Waals surface area contributed by atoms with Gasteiger partial charge in [0.15, 0.2) is 5.16 Å². The second kappa shape index (κ2) is 8.16. The fourth-order valence-corrected chi connectivity index (χ4v) is 3.14. The number of amides is 1. The molecule has 2 rings (SSSR count). The number of hydrogen-bond donors (Lipinski definition) is 1. The van der Waals surface area contributed by atoms with Gasteiger partial charge in [-0.05, 0) is 18.4 Å². The number of aromatic nitrogens is 3. The Bertz CT molecular complexity index is 556. The summed E-state index contributed by atoms with van der Waals surface area (Å²) in [5.41, 5.74) is 0. The average molecular weight is 326 g/mol. The van der Waals surface area contributed by atoms with Crippen LogP contribution in [-0.2, 0) is 22.6 Å². The van der Waals surface area contributed by atoms with Gasteiger partial charge in [0.2, 0.25) is 5.91 Å². The Morgan fingerprint density at radius 3 is 3.19 bits per heavy atom. The topological polar surface area (TPSA) is 69.0 Å². The third-order valence-electron chi connectivity index (χ3n) is 2.78. The number of nitrogens with one attached hydrogen (secondary N) is 1. The molecule has 0 aliphatic rings. The van der Waals surface area contributed by atoms with Crippen LogP contribution in [0, 0.1) is 0 Å². The molecule has 0 aliphatic heterocycles. The second-order valence-electron chi connectivity index (χ2n) is 4.36. The highest BCUT2D eigenvalue weighted by molar-refractivity contribution is 8.00. The van der Waals surface area contributed by atoms with Crippen LogP contribution < -0.4 is 5.32 Å². The predicted octanol–water partition coefficient (Wildman–Crippen LogP) is 1.78. The van der Waals surface area contributed by atoms with Crippen molar-refractivity contribution in [2.45, 2.75) is 30.4 Å². The Hall–Kier alpha value is -1.38. The van der Waals surface area contributed by atoms with E-state index in [1.165, 1.54) is 11.8 Å². The molecule has 2 heterocycles. The lowest BCUT2D eigenvalue weighted by atomic mass is 10.4. The van der Waals surface area contributed by atoms with Crippen molar-refractivity contribution >= 4 is 29.0 Å². The number of rotatable bonds is 8. The fourth-order valence-electron chi connectivity index (χ4n) is 1.62. The SMILES string of the molecule is COCCn1cnnc1S[C@@H](C)C(=O)NCc1cccs1. The van der Waals surface area contributed by atoms with Crippen LogP contribution in [0.15, 0.2) is 29.0 Å². The molecule has 0 aromatic carbocycles. The molecule has 0 unspecified atom stereocenters. The number of carbonyl (C=O) groups is 1. The highest BCUT2D eigenvalue weighted by atomic mass is 32.2. The summed E-state index contributed by atoms with van der Waals surface area (Å²) < 4.78 is 6.92. The van der Waals surface area contributed by atoms with Gasteiger partial charge in [-0.3, -0.25) is 4.79 Å². The van der Waals surface area contributed by atoms with Crippen molar-refractivity contribution in [3.8, 4) is 0 Å². The summed E-state index contributed by atoms with van der Waals surface area (Å²) in [6, 6.07) is 3.98.